The first-order valence-electron chi connectivity index (χ1n) is 3.10. The van der Waals surface area contributed by atoms with E-state index in [1.54, 1.807) is 0 Å². The number of aliphatic hydroxyl groups is 1. The fourth-order valence-corrected chi connectivity index (χ4v) is 2.85. The van der Waals surface area contributed by atoms with Crippen LogP contribution in [0.25, 0.3) is 0 Å². The van der Waals surface area contributed by atoms with E-state index in [-0.39, 0.29) is 86.5 Å². The molecule has 0 aliphatic heterocycles. The molecule has 17 N–H and O–H groups in total. The van der Waals surface area contributed by atoms with Crippen molar-refractivity contribution < 1.29 is 61.2 Å². The second-order valence-electron chi connectivity index (χ2n) is 2.40. The fraction of sp³-hybridized carbons (Fsp3) is 1.00. The summed E-state index contributed by atoms with van der Waals surface area (Å²) in [7, 11) is -10.6. The predicted molar refractivity (Wildman–Crippen MR) is 72.3 cm³/mol. The minimum absolute atomic E-state index is 0. The van der Waals surface area contributed by atoms with Crippen molar-refractivity contribution in [2.75, 3.05) is 6.54 Å². The third-order valence-corrected chi connectivity index (χ3v) is 5.29. The summed E-state index contributed by atoms with van der Waals surface area (Å²) in [5, 5.41) is 5.71. The van der Waals surface area contributed by atoms with Crippen LogP contribution in [0.15, 0.2) is 0 Å². The van der Waals surface area contributed by atoms with Crippen molar-refractivity contribution in [3.63, 3.8) is 0 Å². The van der Waals surface area contributed by atoms with Crippen LogP contribution < -0.4 is 5.73 Å². The van der Waals surface area contributed by atoms with Gasteiger partial charge in [-0.05, 0) is 6.54 Å². The Morgan fingerprint density at radius 2 is 1.00 bits per heavy atom. The van der Waals surface area contributed by atoms with Crippen molar-refractivity contribution in [1.29, 1.82) is 0 Å². The van der Waals surface area contributed by atoms with Crippen LogP contribution >= 0.6 is 15.2 Å². The monoisotopic (exact) mass is 371 g/mol. The normalized spacial score (nSPS) is 9.50. The first-order chi connectivity index (χ1) is 5.56. The molecule has 0 bridgehead atoms. The molecular weight excluding hydrogens is 350 g/mol. The van der Waals surface area contributed by atoms with Crippen molar-refractivity contribution >= 4 is 74.3 Å². The summed E-state index contributed by atoms with van der Waals surface area (Å²) >= 11 is 0. The largest absolute Gasteiger partial charge is 0.412 e. The summed E-state index contributed by atoms with van der Waals surface area (Å²) in [5.74, 6) is 0. The molecule has 0 rings (SSSR count). The molecule has 122 valence electrons. The van der Waals surface area contributed by atoms with Crippen LogP contribution in [-0.4, -0.2) is 123 Å². The third kappa shape index (κ3) is 12.6. The molecule has 0 heterocycles. The minimum Gasteiger partial charge on any atom is -0.412 e. The van der Waals surface area contributed by atoms with Gasteiger partial charge in [0.25, 0.3) is 5.08 Å². The molecule has 0 amide bonds. The zero-order valence-corrected chi connectivity index (χ0v) is 16.7. The molecule has 0 spiro atoms. The van der Waals surface area contributed by atoms with Gasteiger partial charge in [-0.1, -0.05) is 0 Å². The molecule has 0 fully saturated rings. The Bertz CT molecular complexity index is 256. The van der Waals surface area contributed by atoms with E-state index in [0.717, 1.165) is 0 Å². The quantitative estimate of drug-likeness (QED) is 0.203. The smallest absolute Gasteiger partial charge is 0.369 e. The molecule has 0 atom stereocenters. The first-order valence-corrected chi connectivity index (χ1v) is 6.32. The first kappa shape index (κ1) is 49.5. The van der Waals surface area contributed by atoms with Gasteiger partial charge in [-0.15, -0.1) is 0 Å². The van der Waals surface area contributed by atoms with Gasteiger partial charge in [-0.25, -0.2) is 0 Å². The number of hydrogen-bond acceptors (Lipinski definition) is 4. The fourth-order valence-electron chi connectivity index (χ4n) is 0.655. The molecule has 17 heteroatoms. The van der Waals surface area contributed by atoms with E-state index in [4.69, 9.17) is 30.4 Å². The van der Waals surface area contributed by atoms with E-state index in [9.17, 15) is 9.13 Å². The molecule has 0 saturated carbocycles. The summed E-state index contributed by atoms with van der Waals surface area (Å²) in [4.78, 5) is 34.1. The molecule has 20 heavy (non-hydrogen) atoms. The SMILES string of the molecule is NCCC(O)(P(=O)(O)O)P(=O)(O)O.O.O.O.O.O.[Na].[Na]. The van der Waals surface area contributed by atoms with E-state index in [1.807, 2.05) is 0 Å². The summed E-state index contributed by atoms with van der Waals surface area (Å²) in [5.41, 5.74) is 4.86. The molecule has 0 unspecified atom stereocenters. The van der Waals surface area contributed by atoms with Gasteiger partial charge in [0.05, 0.1) is 0 Å². The van der Waals surface area contributed by atoms with Crippen LogP contribution in [0.3, 0.4) is 0 Å². The molecular formula is C3H21NNa2O12P2. The number of rotatable bonds is 4. The van der Waals surface area contributed by atoms with E-state index in [2.05, 4.69) is 0 Å². The van der Waals surface area contributed by atoms with Crippen molar-refractivity contribution in [1.82, 2.24) is 0 Å². The van der Waals surface area contributed by atoms with Gasteiger partial charge in [0.2, 0.25) is 0 Å². The van der Waals surface area contributed by atoms with E-state index in [0.29, 0.717) is 0 Å². The van der Waals surface area contributed by atoms with Crippen LogP contribution in [0, 0.1) is 0 Å². The van der Waals surface area contributed by atoms with Crippen molar-refractivity contribution in [3.05, 3.63) is 0 Å². The van der Waals surface area contributed by atoms with Gasteiger partial charge in [-0.3, -0.25) is 9.13 Å². The van der Waals surface area contributed by atoms with Crippen molar-refractivity contribution in [2.24, 2.45) is 5.73 Å². The van der Waals surface area contributed by atoms with E-state index in [1.165, 1.54) is 0 Å². The summed E-state index contributed by atoms with van der Waals surface area (Å²) in [6, 6.07) is 0. The minimum atomic E-state index is -5.31. The zero-order chi connectivity index (χ0) is 10.9. The second-order valence-corrected chi connectivity index (χ2v) is 6.41. The van der Waals surface area contributed by atoms with Gasteiger partial charge >= 0.3 is 15.2 Å². The topological polar surface area (TPSA) is 319 Å². The Labute approximate surface area is 158 Å². The second kappa shape index (κ2) is 17.4. The average Bonchev–Trinajstić information content (AvgIpc) is 1.82. The maximum absolute atomic E-state index is 10.6. The van der Waals surface area contributed by atoms with E-state index < -0.39 is 33.2 Å². The summed E-state index contributed by atoms with van der Waals surface area (Å²) < 4.78 is 21.2. The summed E-state index contributed by atoms with van der Waals surface area (Å²) in [6.07, 6.45) is -0.873. The van der Waals surface area contributed by atoms with Crippen LogP contribution in [0.2, 0.25) is 0 Å². The Balaban J connectivity index is -0.0000000343. The average molecular weight is 371 g/mol. The van der Waals surface area contributed by atoms with Crippen molar-refractivity contribution in [2.45, 2.75) is 11.5 Å². The molecule has 0 aromatic carbocycles. The van der Waals surface area contributed by atoms with Crippen molar-refractivity contribution in [3.8, 4) is 0 Å². The van der Waals surface area contributed by atoms with Crippen LogP contribution in [0.5, 0.6) is 0 Å². The Hall–Kier alpha value is 2.02. The van der Waals surface area contributed by atoms with Crippen LogP contribution in [0.1, 0.15) is 6.42 Å². The molecule has 0 saturated heterocycles. The number of nitrogens with two attached hydrogens (primary N) is 1. The molecule has 0 aromatic heterocycles. The Morgan fingerprint density at radius 1 is 0.800 bits per heavy atom. The molecule has 2 radical (unpaired) electrons. The van der Waals surface area contributed by atoms with Gasteiger partial charge in [-0.2, -0.15) is 0 Å². The zero-order valence-electron chi connectivity index (χ0n) is 10.9. The van der Waals surface area contributed by atoms with Gasteiger partial charge in [0.15, 0.2) is 0 Å². The maximum atomic E-state index is 10.6. The predicted octanol–water partition coefficient (Wildman–Crippen LogP) is -6.55. The molecule has 0 aliphatic rings. The molecule has 0 aliphatic carbocycles. The van der Waals surface area contributed by atoms with E-state index >= 15 is 0 Å². The van der Waals surface area contributed by atoms with Gasteiger partial charge in [0, 0.05) is 65.5 Å². The van der Waals surface area contributed by atoms with Crippen LogP contribution in [-0.2, 0) is 9.13 Å². The molecule has 0 aromatic rings. The standard InChI is InChI=1S/C3H11NO7P2.2Na.5H2O/c4-2-1-3(5,12(6,7)8)13(9,10)11;;;;;;;/h5H,1-2,4H2,(H2,6,7,8)(H2,9,10,11);;;5*1H2. The van der Waals surface area contributed by atoms with Gasteiger partial charge < -0.3 is 57.8 Å². The molecule has 13 nitrogen and oxygen atoms in total. The summed E-state index contributed by atoms with van der Waals surface area (Å²) in [6.45, 7) is -0.452. The third-order valence-electron chi connectivity index (χ3n) is 1.41. The Morgan fingerprint density at radius 3 is 1.05 bits per heavy atom. The van der Waals surface area contributed by atoms with Gasteiger partial charge in [0.1, 0.15) is 0 Å². The van der Waals surface area contributed by atoms with Crippen LogP contribution in [0.4, 0.5) is 0 Å². The Kier molecular flexibility index (Phi) is 43.0. The maximum Gasteiger partial charge on any atom is 0.369 e. The number of hydrogen-bond donors (Lipinski definition) is 6.